The Kier molecular flexibility index (Phi) is 53.0. The van der Waals surface area contributed by atoms with Crippen molar-refractivity contribution in [1.29, 1.82) is 0 Å². The fraction of sp³-hybridized carbons (Fsp3) is 0.500. The minimum absolute atomic E-state index is 0. The van der Waals surface area contributed by atoms with Gasteiger partial charge in [-0.15, -0.1) is 0 Å². The summed E-state index contributed by atoms with van der Waals surface area (Å²) in [7, 11) is 0. The van der Waals surface area contributed by atoms with E-state index in [1.807, 2.05) is 0 Å². The van der Waals surface area contributed by atoms with Crippen molar-refractivity contribution in [1.82, 2.24) is 6.15 Å². The van der Waals surface area contributed by atoms with Crippen molar-refractivity contribution < 1.29 is 69.0 Å². The molecule has 7 heavy (non-hydrogen) atoms. The van der Waals surface area contributed by atoms with Gasteiger partial charge < -0.3 is 16.1 Å². The Morgan fingerprint density at radius 1 is 1.43 bits per heavy atom. The van der Waals surface area contributed by atoms with E-state index in [1.165, 1.54) is 0 Å². The fourth-order valence-electron chi connectivity index (χ4n) is 0. The maximum Gasteiger partial charge on any atom is 1.00 e. The number of aliphatic carboxylic acids is 1. The fourth-order valence-corrected chi connectivity index (χ4v) is 0. The van der Waals surface area contributed by atoms with Crippen LogP contribution in [0.4, 0.5) is 0 Å². The molecule has 32 valence electrons. The predicted octanol–water partition coefficient (Wildman–Crippen LogP) is -7.07. The summed E-state index contributed by atoms with van der Waals surface area (Å²) in [5.74, 6) is -1.08. The molecule has 0 aliphatic rings. The summed E-state index contributed by atoms with van der Waals surface area (Å²) in [5.41, 5.74) is 0. The van der Waals surface area contributed by atoms with Gasteiger partial charge in [0.25, 0.3) is 0 Å². The van der Waals surface area contributed by atoms with Gasteiger partial charge in [-0.05, 0) is 6.92 Å². The molecule has 0 fully saturated rings. The zero-order valence-electron chi connectivity index (χ0n) is 5.02. The smallest absolute Gasteiger partial charge is 0.550 e. The van der Waals surface area contributed by atoms with Gasteiger partial charge in [0.05, 0.1) is 0 Å². The van der Waals surface area contributed by atoms with Crippen LogP contribution in [-0.2, 0) is 4.79 Å². The van der Waals surface area contributed by atoms with Crippen molar-refractivity contribution in [2.75, 3.05) is 0 Å². The molecule has 0 aromatic rings. The average molecular weight is 122 g/mol. The molecule has 0 heterocycles. The number of hydrogen-bond acceptors (Lipinski definition) is 3. The molecule has 0 rings (SSSR count). The largest absolute Gasteiger partial charge is 1.00 e. The van der Waals surface area contributed by atoms with Gasteiger partial charge in [0.2, 0.25) is 0 Å². The van der Waals surface area contributed by atoms with E-state index in [0.29, 0.717) is 0 Å². The van der Waals surface area contributed by atoms with Crippen LogP contribution >= 0.6 is 0 Å². The maximum absolute atomic E-state index is 8.89. The van der Waals surface area contributed by atoms with Gasteiger partial charge in [-0.1, -0.05) is 0 Å². The first kappa shape index (κ1) is 23.7. The molecule has 0 spiro atoms. The Hall–Kier alpha value is 1.43. The summed E-state index contributed by atoms with van der Waals surface area (Å²) in [6.45, 7) is 0.972. The molecular weight excluding hydrogens is 116 g/mol. The van der Waals surface area contributed by atoms with Crippen LogP contribution in [0.25, 0.3) is 0 Å². The third kappa shape index (κ3) is 107. The molecule has 0 unspecified atom stereocenters. The van der Waals surface area contributed by atoms with Gasteiger partial charge in [0, 0.05) is 5.97 Å². The molecule has 3 nitrogen and oxygen atoms in total. The number of rotatable bonds is 0. The molecule has 0 amide bonds. The van der Waals surface area contributed by atoms with Crippen molar-refractivity contribution >= 4 is 5.97 Å². The van der Waals surface area contributed by atoms with E-state index in [0.717, 1.165) is 6.92 Å². The monoisotopic (exact) mass is 122 g/mol. The van der Waals surface area contributed by atoms with Crippen LogP contribution < -0.4 is 70.4 Å². The summed E-state index contributed by atoms with van der Waals surface area (Å²) < 4.78 is 0. The quantitative estimate of drug-likeness (QED) is 0.324. The normalized spacial score (nSPS) is 3.57. The Balaban J connectivity index is -0.0000000150. The second-order valence-corrected chi connectivity index (χ2v) is 0.492. The van der Waals surface area contributed by atoms with Gasteiger partial charge >= 0.3 is 59.1 Å². The number of carboxylic acids is 1. The van der Waals surface area contributed by atoms with Crippen molar-refractivity contribution in [3.63, 3.8) is 0 Å². The van der Waals surface area contributed by atoms with E-state index >= 15 is 0 Å². The number of carbonyl (C=O) groups is 1. The zero-order valence-corrected chi connectivity index (χ0v) is 9.02. The topological polar surface area (TPSA) is 75.1 Å². The molecule has 0 bridgehead atoms. The van der Waals surface area contributed by atoms with Gasteiger partial charge in [0.15, 0.2) is 0 Å². The van der Waals surface area contributed by atoms with E-state index in [1.54, 1.807) is 0 Å². The van der Waals surface area contributed by atoms with Gasteiger partial charge in [-0.3, -0.25) is 0 Å². The summed E-state index contributed by atoms with van der Waals surface area (Å²) in [5, 5.41) is 8.89. The molecule has 0 atom stereocenters. The van der Waals surface area contributed by atoms with Crippen LogP contribution in [0.1, 0.15) is 6.92 Å². The van der Waals surface area contributed by atoms with Crippen LogP contribution in [0.3, 0.4) is 0 Å². The number of carbonyl (C=O) groups excluding carboxylic acids is 1. The van der Waals surface area contributed by atoms with E-state index in [2.05, 4.69) is 0 Å². The van der Waals surface area contributed by atoms with E-state index < -0.39 is 5.97 Å². The predicted molar refractivity (Wildman–Crippen MR) is 15.7 cm³/mol. The molecule has 0 aliphatic heterocycles. The number of hydrogen-bond donors (Lipinski definition) is 1. The Bertz CT molecular complexity index is 36.7. The van der Waals surface area contributed by atoms with Crippen LogP contribution in [0.15, 0.2) is 0 Å². The summed E-state index contributed by atoms with van der Waals surface area (Å²) in [6.07, 6.45) is 0. The van der Waals surface area contributed by atoms with E-state index in [-0.39, 0.29) is 65.3 Å². The summed E-state index contributed by atoms with van der Waals surface area (Å²) in [6, 6.07) is 0. The van der Waals surface area contributed by atoms with Crippen LogP contribution in [-0.4, -0.2) is 5.97 Å². The van der Waals surface area contributed by atoms with Crippen molar-refractivity contribution in [3.8, 4) is 0 Å². The molecule has 0 saturated heterocycles. The van der Waals surface area contributed by atoms with Crippen LogP contribution in [0.2, 0.25) is 0 Å². The van der Waals surface area contributed by atoms with Crippen molar-refractivity contribution in [2.45, 2.75) is 6.92 Å². The van der Waals surface area contributed by atoms with Crippen molar-refractivity contribution in [3.05, 3.63) is 0 Å². The Morgan fingerprint density at radius 2 is 1.43 bits per heavy atom. The van der Waals surface area contributed by atoms with Crippen LogP contribution in [0.5, 0.6) is 0 Å². The minimum Gasteiger partial charge on any atom is -0.550 e. The number of carboxylic acid groups (broad SMARTS) is 1. The first-order valence-corrected chi connectivity index (χ1v) is 0.908. The molecular formula is C2H6NNa2O2+. The zero-order chi connectivity index (χ0) is 3.58. The Morgan fingerprint density at radius 3 is 1.43 bits per heavy atom. The summed E-state index contributed by atoms with van der Waals surface area (Å²) in [4.78, 5) is 8.89. The van der Waals surface area contributed by atoms with E-state index in [9.17, 15) is 0 Å². The van der Waals surface area contributed by atoms with Gasteiger partial charge in [-0.25, -0.2) is 0 Å². The molecule has 3 N–H and O–H groups in total. The third-order valence-electron chi connectivity index (χ3n) is 0. The molecule has 0 saturated carbocycles. The third-order valence-corrected chi connectivity index (χ3v) is 0. The molecule has 0 aliphatic carbocycles. The SMILES string of the molecule is CC(=O)[O-].N.[Na+].[Na+]. The average Bonchev–Trinajstić information content (AvgIpc) is 0.811. The maximum atomic E-state index is 8.89. The molecule has 0 aromatic carbocycles. The summed E-state index contributed by atoms with van der Waals surface area (Å²) >= 11 is 0. The Labute approximate surface area is 87.0 Å². The molecule has 5 heteroatoms. The van der Waals surface area contributed by atoms with Gasteiger partial charge in [-0.2, -0.15) is 0 Å². The molecule has 0 aromatic heterocycles. The van der Waals surface area contributed by atoms with Crippen LogP contribution in [0, 0.1) is 0 Å². The first-order chi connectivity index (χ1) is 1.73. The second kappa shape index (κ2) is 15.7. The molecule has 0 radical (unpaired) electrons. The van der Waals surface area contributed by atoms with Gasteiger partial charge in [0.1, 0.15) is 0 Å². The van der Waals surface area contributed by atoms with Crippen molar-refractivity contribution in [2.24, 2.45) is 0 Å². The first-order valence-electron chi connectivity index (χ1n) is 0.908. The minimum atomic E-state index is -1.08. The standard InChI is InChI=1S/C2H4O2.H3N.2Na/c1-2(3)4;;;/h1H3,(H,3,4);1H3;;/q;;2*+1/p-1. The second-order valence-electron chi connectivity index (χ2n) is 0.492. The van der Waals surface area contributed by atoms with E-state index in [4.69, 9.17) is 9.90 Å².